The molecule has 2 aromatic carbocycles. The van der Waals surface area contributed by atoms with Gasteiger partial charge in [-0.1, -0.05) is 23.8 Å². The summed E-state index contributed by atoms with van der Waals surface area (Å²) in [5, 5.41) is 11.2. The van der Waals surface area contributed by atoms with Gasteiger partial charge in [0.15, 0.2) is 0 Å². The number of hydrogen-bond acceptors (Lipinski definition) is 5. The van der Waals surface area contributed by atoms with Crippen LogP contribution in [0, 0.1) is 6.92 Å². The van der Waals surface area contributed by atoms with Gasteiger partial charge in [0.05, 0.1) is 17.9 Å². The number of aryl methyl sites for hydroxylation is 1. The van der Waals surface area contributed by atoms with Crippen molar-refractivity contribution in [1.82, 2.24) is 4.98 Å². The number of carbonyl (C=O) groups excluding carboxylic acids is 2. The molecule has 1 unspecified atom stereocenters. The van der Waals surface area contributed by atoms with Crippen LogP contribution in [0.25, 0.3) is 5.76 Å². The van der Waals surface area contributed by atoms with Crippen LogP contribution in [0.15, 0.2) is 72.4 Å². The van der Waals surface area contributed by atoms with Crippen molar-refractivity contribution < 1.29 is 19.4 Å². The van der Waals surface area contributed by atoms with Crippen LogP contribution in [-0.2, 0) is 16.0 Å². The maximum Gasteiger partial charge on any atom is 0.300 e. The van der Waals surface area contributed by atoms with Gasteiger partial charge >= 0.3 is 0 Å². The molecule has 2 aliphatic heterocycles. The summed E-state index contributed by atoms with van der Waals surface area (Å²) in [4.78, 5) is 32.0. The third kappa shape index (κ3) is 3.17. The minimum absolute atomic E-state index is 0.0307. The third-order valence-corrected chi connectivity index (χ3v) is 5.69. The largest absolute Gasteiger partial charge is 0.507 e. The van der Waals surface area contributed by atoms with Crippen molar-refractivity contribution in [2.45, 2.75) is 19.4 Å². The molecule has 1 N–H and O–H groups in total. The molecule has 31 heavy (non-hydrogen) atoms. The fraction of sp³-hybridized carbons (Fsp3) is 0.160. The molecule has 1 amide bonds. The molecule has 0 spiro atoms. The Bertz CT molecular complexity index is 1220. The van der Waals surface area contributed by atoms with Gasteiger partial charge in [-0.2, -0.15) is 0 Å². The number of ketones is 1. The Kier molecular flexibility index (Phi) is 4.55. The van der Waals surface area contributed by atoms with Gasteiger partial charge in [-0.15, -0.1) is 0 Å². The topological polar surface area (TPSA) is 79.7 Å². The van der Waals surface area contributed by atoms with Gasteiger partial charge in [0.25, 0.3) is 11.7 Å². The number of hydrogen-bond donors (Lipinski definition) is 1. The monoisotopic (exact) mass is 412 g/mol. The highest BCUT2D eigenvalue weighted by Crippen LogP contribution is 2.42. The molecule has 3 heterocycles. The summed E-state index contributed by atoms with van der Waals surface area (Å²) in [7, 11) is 0. The summed E-state index contributed by atoms with van der Waals surface area (Å²) in [6.45, 7) is 2.54. The molecule has 1 fully saturated rings. The fourth-order valence-electron chi connectivity index (χ4n) is 4.11. The van der Waals surface area contributed by atoms with Crippen LogP contribution in [0.3, 0.4) is 0 Å². The summed E-state index contributed by atoms with van der Waals surface area (Å²) >= 11 is 0. The lowest BCUT2D eigenvalue weighted by atomic mass is 9.97. The van der Waals surface area contributed by atoms with Crippen molar-refractivity contribution in [2.24, 2.45) is 0 Å². The lowest BCUT2D eigenvalue weighted by Crippen LogP contribution is -2.29. The minimum atomic E-state index is -0.826. The van der Waals surface area contributed by atoms with E-state index in [-0.39, 0.29) is 11.3 Å². The second-order valence-corrected chi connectivity index (χ2v) is 7.68. The zero-order chi connectivity index (χ0) is 21.5. The zero-order valence-electron chi connectivity index (χ0n) is 16.9. The lowest BCUT2D eigenvalue weighted by Gasteiger charge is -2.24. The zero-order valence-corrected chi connectivity index (χ0v) is 16.9. The third-order valence-electron chi connectivity index (χ3n) is 5.69. The van der Waals surface area contributed by atoms with Crippen molar-refractivity contribution in [1.29, 1.82) is 0 Å². The van der Waals surface area contributed by atoms with Crippen LogP contribution < -0.4 is 9.64 Å². The molecule has 0 saturated carbocycles. The van der Waals surface area contributed by atoms with E-state index in [4.69, 9.17) is 4.74 Å². The van der Waals surface area contributed by atoms with Crippen molar-refractivity contribution in [2.75, 3.05) is 11.5 Å². The first kappa shape index (κ1) is 19.1. The predicted octanol–water partition coefficient (Wildman–Crippen LogP) is 3.95. The Morgan fingerprint density at radius 1 is 1.10 bits per heavy atom. The summed E-state index contributed by atoms with van der Waals surface area (Å²) in [6.07, 6.45) is 2.34. The average molecular weight is 412 g/mol. The Hall–Kier alpha value is -3.93. The average Bonchev–Trinajstić information content (AvgIpc) is 3.37. The number of aliphatic hydroxyl groups excluding tert-OH is 1. The molecule has 0 aliphatic carbocycles. The van der Waals surface area contributed by atoms with E-state index in [0.717, 1.165) is 23.3 Å². The Balaban J connectivity index is 1.69. The summed E-state index contributed by atoms with van der Waals surface area (Å²) < 4.78 is 5.53. The molecule has 0 radical (unpaired) electrons. The molecule has 6 heteroatoms. The maximum atomic E-state index is 13.1. The lowest BCUT2D eigenvalue weighted by molar-refractivity contribution is -0.132. The minimum Gasteiger partial charge on any atom is -0.507 e. The fourth-order valence-corrected chi connectivity index (χ4v) is 4.11. The van der Waals surface area contributed by atoms with E-state index < -0.39 is 17.7 Å². The molecular weight excluding hydrogens is 392 g/mol. The second-order valence-electron chi connectivity index (χ2n) is 7.68. The number of Topliss-reactive ketones (excluding diaryl/α,β-unsaturated/α-hetero) is 1. The van der Waals surface area contributed by atoms with Gasteiger partial charge in [0.2, 0.25) is 0 Å². The van der Waals surface area contributed by atoms with Gasteiger partial charge < -0.3 is 9.84 Å². The van der Waals surface area contributed by atoms with Gasteiger partial charge in [-0.05, 0) is 55.0 Å². The number of fused-ring (bicyclic) bond motifs is 1. The molecule has 1 atom stereocenters. The number of carbonyl (C=O) groups is 2. The Labute approximate surface area is 179 Å². The van der Waals surface area contributed by atoms with E-state index in [1.54, 1.807) is 48.7 Å². The second kappa shape index (κ2) is 7.40. The number of benzene rings is 2. The quantitative estimate of drug-likeness (QED) is 0.400. The van der Waals surface area contributed by atoms with Crippen LogP contribution in [0.5, 0.6) is 5.75 Å². The van der Waals surface area contributed by atoms with Crippen LogP contribution in [0.4, 0.5) is 5.69 Å². The first-order valence-corrected chi connectivity index (χ1v) is 10.1. The van der Waals surface area contributed by atoms with Crippen molar-refractivity contribution in [3.8, 4) is 5.75 Å². The van der Waals surface area contributed by atoms with E-state index in [9.17, 15) is 14.7 Å². The predicted molar refractivity (Wildman–Crippen MR) is 116 cm³/mol. The molecule has 154 valence electrons. The Morgan fingerprint density at radius 3 is 2.65 bits per heavy atom. The van der Waals surface area contributed by atoms with Crippen molar-refractivity contribution in [3.63, 3.8) is 0 Å². The SMILES string of the molecule is Cc1ccc(N2C(=O)C(=O)/C(=C(\O)c3ccc4c(c3)CCO4)C2c2ccccn2)cc1. The first-order valence-electron chi connectivity index (χ1n) is 10.1. The number of amides is 1. The standard InChI is InChI=1S/C25H20N2O4/c1-15-5-8-18(9-6-15)27-22(19-4-2-3-12-26-19)21(24(29)25(27)30)23(28)17-7-10-20-16(14-17)11-13-31-20/h2-10,12,14,22,28H,11,13H2,1H3/b23-21-. The number of rotatable bonds is 3. The number of aromatic nitrogens is 1. The van der Waals surface area contributed by atoms with E-state index in [1.807, 2.05) is 25.1 Å². The van der Waals surface area contributed by atoms with E-state index in [1.165, 1.54) is 4.90 Å². The summed E-state index contributed by atoms with van der Waals surface area (Å²) in [6, 6.07) is 17.1. The van der Waals surface area contributed by atoms with Crippen LogP contribution in [0.1, 0.15) is 28.4 Å². The molecule has 6 nitrogen and oxygen atoms in total. The molecule has 1 aromatic heterocycles. The molecule has 0 bridgehead atoms. The number of ether oxygens (including phenoxy) is 1. The number of nitrogens with zero attached hydrogens (tertiary/aromatic N) is 2. The first-order chi connectivity index (χ1) is 15.0. The smallest absolute Gasteiger partial charge is 0.300 e. The maximum absolute atomic E-state index is 13.1. The number of anilines is 1. The van der Waals surface area contributed by atoms with E-state index in [2.05, 4.69) is 4.98 Å². The number of pyridine rings is 1. The molecule has 2 aliphatic rings. The van der Waals surface area contributed by atoms with Gasteiger partial charge in [-0.3, -0.25) is 19.5 Å². The molecule has 1 saturated heterocycles. The van der Waals surface area contributed by atoms with Crippen LogP contribution >= 0.6 is 0 Å². The normalized spacial score (nSPS) is 19.4. The summed E-state index contributed by atoms with van der Waals surface area (Å²) in [5.41, 5.74) is 3.59. The van der Waals surface area contributed by atoms with Crippen LogP contribution in [0.2, 0.25) is 0 Å². The molecular formula is C25H20N2O4. The molecule has 3 aromatic rings. The summed E-state index contributed by atoms with van der Waals surface area (Å²) in [5.74, 6) is -0.854. The molecule has 5 rings (SSSR count). The highest BCUT2D eigenvalue weighted by atomic mass is 16.5. The van der Waals surface area contributed by atoms with Gasteiger partial charge in [-0.25, -0.2) is 0 Å². The van der Waals surface area contributed by atoms with Crippen molar-refractivity contribution >= 4 is 23.1 Å². The van der Waals surface area contributed by atoms with Gasteiger partial charge in [0, 0.05) is 23.9 Å². The van der Waals surface area contributed by atoms with E-state index in [0.29, 0.717) is 23.6 Å². The number of aliphatic hydroxyl groups is 1. The van der Waals surface area contributed by atoms with Crippen molar-refractivity contribution in [3.05, 3.63) is 94.8 Å². The highest BCUT2D eigenvalue weighted by Gasteiger charge is 2.47. The van der Waals surface area contributed by atoms with Crippen LogP contribution in [-0.4, -0.2) is 28.4 Å². The van der Waals surface area contributed by atoms with Gasteiger partial charge in [0.1, 0.15) is 17.6 Å². The van der Waals surface area contributed by atoms with E-state index >= 15 is 0 Å². The Morgan fingerprint density at radius 2 is 1.90 bits per heavy atom. The highest BCUT2D eigenvalue weighted by molar-refractivity contribution is 6.51.